The molecule has 1 heterocycles. The van der Waals surface area contributed by atoms with E-state index >= 15 is 0 Å². The van der Waals surface area contributed by atoms with Crippen molar-refractivity contribution in [1.29, 1.82) is 0 Å². The van der Waals surface area contributed by atoms with Gasteiger partial charge in [-0.3, -0.25) is 5.84 Å². The summed E-state index contributed by atoms with van der Waals surface area (Å²) in [5.41, 5.74) is 5.00. The van der Waals surface area contributed by atoms with Crippen LogP contribution in [0.1, 0.15) is 22.7 Å². The zero-order valence-corrected chi connectivity index (χ0v) is 10.9. The van der Waals surface area contributed by atoms with Crippen molar-refractivity contribution in [2.24, 2.45) is 5.84 Å². The maximum absolute atomic E-state index is 13.5. The number of hydrogen-bond donors (Lipinski definition) is 2. The summed E-state index contributed by atoms with van der Waals surface area (Å²) in [7, 11) is 1.54. The molecule has 0 aliphatic rings. The van der Waals surface area contributed by atoms with E-state index in [1.165, 1.54) is 19.2 Å². The molecule has 0 spiro atoms. The number of benzene rings is 1. The fourth-order valence-corrected chi connectivity index (χ4v) is 2.09. The molecule has 4 nitrogen and oxygen atoms in total. The smallest absolute Gasteiger partial charge is 0.218 e. The van der Waals surface area contributed by atoms with Crippen molar-refractivity contribution in [1.82, 2.24) is 10.4 Å². The molecular formula is C14H16FN3O. The van der Waals surface area contributed by atoms with Crippen LogP contribution in [0, 0.1) is 12.7 Å². The fourth-order valence-electron chi connectivity index (χ4n) is 2.09. The molecule has 1 aromatic heterocycles. The van der Waals surface area contributed by atoms with E-state index in [4.69, 9.17) is 10.6 Å². The first kappa shape index (κ1) is 13.5. The van der Waals surface area contributed by atoms with Crippen molar-refractivity contribution in [3.05, 3.63) is 59.0 Å². The number of nitrogens with zero attached hydrogens (tertiary/aromatic N) is 1. The van der Waals surface area contributed by atoms with E-state index in [0.29, 0.717) is 5.88 Å². The molecule has 100 valence electrons. The molecule has 19 heavy (non-hydrogen) atoms. The monoisotopic (exact) mass is 261 g/mol. The molecule has 1 atom stereocenters. The molecule has 0 aliphatic carbocycles. The van der Waals surface area contributed by atoms with Crippen LogP contribution < -0.4 is 16.0 Å². The van der Waals surface area contributed by atoms with Crippen LogP contribution in [0.15, 0.2) is 36.5 Å². The first-order valence-corrected chi connectivity index (χ1v) is 5.88. The summed E-state index contributed by atoms with van der Waals surface area (Å²) in [6, 6.07) is 8.05. The number of aromatic nitrogens is 1. The van der Waals surface area contributed by atoms with Crippen LogP contribution in [0.2, 0.25) is 0 Å². The van der Waals surface area contributed by atoms with Gasteiger partial charge in [0.1, 0.15) is 5.82 Å². The lowest BCUT2D eigenvalue weighted by Gasteiger charge is -2.19. The lowest BCUT2D eigenvalue weighted by Crippen LogP contribution is -2.29. The summed E-state index contributed by atoms with van der Waals surface area (Å²) in [5.74, 6) is 5.78. The summed E-state index contributed by atoms with van der Waals surface area (Å²) < 4.78 is 18.7. The third kappa shape index (κ3) is 2.89. The minimum atomic E-state index is -0.377. The van der Waals surface area contributed by atoms with Gasteiger partial charge in [0, 0.05) is 11.8 Å². The number of hydrazine groups is 1. The number of methoxy groups -OCH3 is 1. The van der Waals surface area contributed by atoms with Crippen molar-refractivity contribution < 1.29 is 9.13 Å². The van der Waals surface area contributed by atoms with E-state index in [9.17, 15) is 4.39 Å². The van der Waals surface area contributed by atoms with Gasteiger partial charge in [-0.15, -0.1) is 0 Å². The Balaban J connectivity index is 2.49. The first-order valence-electron chi connectivity index (χ1n) is 5.88. The normalized spacial score (nSPS) is 12.2. The highest BCUT2D eigenvalue weighted by molar-refractivity contribution is 5.38. The van der Waals surface area contributed by atoms with E-state index in [0.717, 1.165) is 16.7 Å². The SMILES string of the molecule is COc1ncccc1C(NN)c1cc(C)cc(F)c1. The highest BCUT2D eigenvalue weighted by atomic mass is 19.1. The largest absolute Gasteiger partial charge is 0.481 e. The Labute approximate surface area is 111 Å². The third-order valence-corrected chi connectivity index (χ3v) is 2.87. The molecule has 0 bridgehead atoms. The second kappa shape index (κ2) is 5.77. The Morgan fingerprint density at radius 3 is 2.79 bits per heavy atom. The molecule has 0 radical (unpaired) electrons. The number of ether oxygens (including phenoxy) is 1. The number of pyridine rings is 1. The summed E-state index contributed by atoms with van der Waals surface area (Å²) in [6.07, 6.45) is 1.63. The Bertz CT molecular complexity index is 554. The molecule has 2 aromatic rings. The van der Waals surface area contributed by atoms with Gasteiger partial charge in [-0.05, 0) is 36.2 Å². The molecule has 5 heteroatoms. The summed E-state index contributed by atoms with van der Waals surface area (Å²) >= 11 is 0. The van der Waals surface area contributed by atoms with Crippen molar-refractivity contribution in [3.63, 3.8) is 0 Å². The van der Waals surface area contributed by atoms with Gasteiger partial charge >= 0.3 is 0 Å². The molecule has 0 saturated heterocycles. The summed E-state index contributed by atoms with van der Waals surface area (Å²) in [6.45, 7) is 1.83. The Morgan fingerprint density at radius 1 is 1.37 bits per heavy atom. The Kier molecular flexibility index (Phi) is 4.09. The molecule has 3 N–H and O–H groups in total. The van der Waals surface area contributed by atoms with Crippen LogP contribution in [0.4, 0.5) is 4.39 Å². The van der Waals surface area contributed by atoms with Gasteiger partial charge in [-0.1, -0.05) is 12.1 Å². The maximum atomic E-state index is 13.5. The number of nitrogens with one attached hydrogen (secondary N) is 1. The number of halogens is 1. The molecule has 1 unspecified atom stereocenters. The summed E-state index contributed by atoms with van der Waals surface area (Å²) in [4.78, 5) is 4.12. The van der Waals surface area contributed by atoms with Crippen molar-refractivity contribution >= 4 is 0 Å². The van der Waals surface area contributed by atoms with E-state index in [1.54, 1.807) is 12.3 Å². The third-order valence-electron chi connectivity index (χ3n) is 2.87. The molecule has 0 amide bonds. The van der Waals surface area contributed by atoms with Crippen molar-refractivity contribution in [3.8, 4) is 5.88 Å². The highest BCUT2D eigenvalue weighted by Crippen LogP contribution is 2.28. The van der Waals surface area contributed by atoms with Crippen molar-refractivity contribution in [2.75, 3.05) is 7.11 Å². The van der Waals surface area contributed by atoms with E-state index < -0.39 is 0 Å². The van der Waals surface area contributed by atoms with Crippen LogP contribution in [0.3, 0.4) is 0 Å². The van der Waals surface area contributed by atoms with Gasteiger partial charge in [0.15, 0.2) is 0 Å². The van der Waals surface area contributed by atoms with Gasteiger partial charge in [0.05, 0.1) is 13.2 Å². The average Bonchev–Trinajstić information content (AvgIpc) is 2.39. The minimum Gasteiger partial charge on any atom is -0.481 e. The minimum absolute atomic E-state index is 0.293. The van der Waals surface area contributed by atoms with Gasteiger partial charge in [0.2, 0.25) is 5.88 Å². The first-order chi connectivity index (χ1) is 9.15. The van der Waals surface area contributed by atoms with Crippen LogP contribution in [-0.4, -0.2) is 12.1 Å². The van der Waals surface area contributed by atoms with Crippen LogP contribution >= 0.6 is 0 Å². The van der Waals surface area contributed by atoms with Gasteiger partial charge in [-0.2, -0.15) is 0 Å². The second-order valence-corrected chi connectivity index (χ2v) is 4.26. The zero-order valence-electron chi connectivity index (χ0n) is 10.9. The predicted molar refractivity (Wildman–Crippen MR) is 71.1 cm³/mol. The van der Waals surface area contributed by atoms with E-state index in [2.05, 4.69) is 10.4 Å². The number of hydrogen-bond acceptors (Lipinski definition) is 4. The molecule has 1 aromatic carbocycles. The molecule has 0 fully saturated rings. The van der Waals surface area contributed by atoms with Gasteiger partial charge < -0.3 is 4.74 Å². The van der Waals surface area contributed by atoms with Crippen LogP contribution in [0.5, 0.6) is 5.88 Å². The molecular weight excluding hydrogens is 245 g/mol. The van der Waals surface area contributed by atoms with Gasteiger partial charge in [-0.25, -0.2) is 14.8 Å². The fraction of sp³-hybridized carbons (Fsp3) is 0.214. The number of aryl methyl sites for hydroxylation is 1. The van der Waals surface area contributed by atoms with Crippen LogP contribution in [-0.2, 0) is 0 Å². The molecule has 2 rings (SSSR count). The predicted octanol–water partition coefficient (Wildman–Crippen LogP) is 2.09. The topological polar surface area (TPSA) is 60.2 Å². The van der Waals surface area contributed by atoms with Gasteiger partial charge in [0.25, 0.3) is 0 Å². The Morgan fingerprint density at radius 2 is 2.16 bits per heavy atom. The number of nitrogens with two attached hydrogens (primary N) is 1. The zero-order chi connectivity index (χ0) is 13.8. The standard InChI is InChI=1S/C14H16FN3O/c1-9-6-10(8-11(15)7-9)13(18-16)12-4-3-5-17-14(12)19-2/h3-8,13,18H,16H2,1-2H3. The second-order valence-electron chi connectivity index (χ2n) is 4.26. The van der Waals surface area contributed by atoms with Crippen molar-refractivity contribution in [2.45, 2.75) is 13.0 Å². The lowest BCUT2D eigenvalue weighted by molar-refractivity contribution is 0.387. The maximum Gasteiger partial charge on any atom is 0.218 e. The van der Waals surface area contributed by atoms with Crippen LogP contribution in [0.25, 0.3) is 0 Å². The highest BCUT2D eigenvalue weighted by Gasteiger charge is 2.18. The number of rotatable bonds is 4. The van der Waals surface area contributed by atoms with E-state index in [1.807, 2.05) is 19.1 Å². The quantitative estimate of drug-likeness (QED) is 0.653. The molecule has 0 aliphatic heterocycles. The van der Waals surface area contributed by atoms with E-state index in [-0.39, 0.29) is 11.9 Å². The lowest BCUT2D eigenvalue weighted by atomic mass is 9.98. The summed E-state index contributed by atoms with van der Waals surface area (Å²) in [5, 5.41) is 0. The Hall–Kier alpha value is -1.98. The molecule has 0 saturated carbocycles. The average molecular weight is 261 g/mol.